The predicted octanol–water partition coefficient (Wildman–Crippen LogP) is 4.48. The fourth-order valence-electron chi connectivity index (χ4n) is 1.95. The summed E-state index contributed by atoms with van der Waals surface area (Å²) in [5.41, 5.74) is 0.566. The van der Waals surface area contributed by atoms with Crippen molar-refractivity contribution in [2.24, 2.45) is 0 Å². The molecule has 0 saturated carbocycles. The van der Waals surface area contributed by atoms with Gasteiger partial charge in [-0.3, -0.25) is 15.1 Å². The molecule has 0 bridgehead atoms. The van der Waals surface area contributed by atoms with Gasteiger partial charge in [0.25, 0.3) is 5.91 Å². The van der Waals surface area contributed by atoms with Crippen molar-refractivity contribution in [2.45, 2.75) is 6.18 Å². The molecule has 0 aliphatic heterocycles. The molecule has 1 aromatic carbocycles. The van der Waals surface area contributed by atoms with Gasteiger partial charge in [0.1, 0.15) is 5.69 Å². The minimum atomic E-state index is -4.37. The van der Waals surface area contributed by atoms with Crippen LogP contribution in [0, 0.1) is 0 Å². The van der Waals surface area contributed by atoms with E-state index in [1.54, 1.807) is 23.6 Å². The summed E-state index contributed by atoms with van der Waals surface area (Å²) in [5, 5.41) is 4.62. The molecule has 0 unspecified atom stereocenters. The fourth-order valence-corrected chi connectivity index (χ4v) is 2.67. The Hall–Kier alpha value is -2.74. The number of aromatic nitrogens is 2. The van der Waals surface area contributed by atoms with Gasteiger partial charge < -0.3 is 0 Å². The summed E-state index contributed by atoms with van der Waals surface area (Å²) in [6, 6.07) is 9.66. The Labute approximate surface area is 139 Å². The molecule has 122 valence electrons. The van der Waals surface area contributed by atoms with Gasteiger partial charge in [0.05, 0.1) is 11.3 Å². The van der Waals surface area contributed by atoms with E-state index in [-0.39, 0.29) is 5.69 Å². The number of nitrogens with one attached hydrogen (secondary N) is 1. The Morgan fingerprint density at radius 2 is 1.83 bits per heavy atom. The third-order valence-corrected chi connectivity index (χ3v) is 3.89. The number of amides is 1. The van der Waals surface area contributed by atoms with Gasteiger partial charge in [-0.25, -0.2) is 4.98 Å². The molecule has 0 radical (unpaired) electrons. The number of pyridine rings is 1. The Balaban J connectivity index is 1.75. The number of thiazole rings is 1. The molecule has 0 saturated heterocycles. The lowest BCUT2D eigenvalue weighted by atomic mass is 10.1. The van der Waals surface area contributed by atoms with Crippen molar-refractivity contribution in [3.8, 4) is 11.3 Å². The van der Waals surface area contributed by atoms with E-state index in [1.807, 2.05) is 0 Å². The molecule has 3 aromatic rings. The molecule has 2 aromatic heterocycles. The van der Waals surface area contributed by atoms with Crippen LogP contribution < -0.4 is 5.32 Å². The van der Waals surface area contributed by atoms with Gasteiger partial charge in [-0.15, -0.1) is 11.3 Å². The molecule has 8 heteroatoms. The van der Waals surface area contributed by atoms with Crippen molar-refractivity contribution in [1.29, 1.82) is 0 Å². The summed E-state index contributed by atoms with van der Waals surface area (Å²) in [4.78, 5) is 20.1. The third-order valence-electron chi connectivity index (χ3n) is 3.13. The maximum absolute atomic E-state index is 12.6. The molecule has 2 heterocycles. The number of carbonyl (C=O) groups excluding carboxylic acids is 1. The Bertz CT molecular complexity index is 845. The van der Waals surface area contributed by atoms with Crippen LogP contribution in [0.3, 0.4) is 0 Å². The number of alkyl halides is 3. The normalized spacial score (nSPS) is 11.3. The lowest BCUT2D eigenvalue weighted by Gasteiger charge is -2.06. The molecule has 1 N–H and O–H groups in total. The lowest BCUT2D eigenvalue weighted by molar-refractivity contribution is -0.137. The zero-order valence-electron chi connectivity index (χ0n) is 12.0. The topological polar surface area (TPSA) is 54.9 Å². The highest BCUT2D eigenvalue weighted by Crippen LogP contribution is 2.31. The molecule has 0 aliphatic carbocycles. The summed E-state index contributed by atoms with van der Waals surface area (Å²) >= 11 is 1.18. The van der Waals surface area contributed by atoms with E-state index in [0.29, 0.717) is 16.4 Å². The fraction of sp³-hybridized carbons (Fsp3) is 0.0625. The zero-order valence-corrected chi connectivity index (χ0v) is 12.9. The number of carbonyl (C=O) groups is 1. The van der Waals surface area contributed by atoms with Crippen molar-refractivity contribution in [2.75, 3.05) is 5.32 Å². The first-order valence-electron chi connectivity index (χ1n) is 6.79. The molecule has 3 rings (SSSR count). The SMILES string of the molecule is O=C(Nc1nc(-c2ccc(C(F)(F)F)cc2)cs1)c1ccccn1. The second-order valence-corrected chi connectivity index (χ2v) is 5.64. The van der Waals surface area contributed by atoms with Gasteiger partial charge >= 0.3 is 6.18 Å². The van der Waals surface area contributed by atoms with Crippen molar-refractivity contribution in [3.63, 3.8) is 0 Å². The number of halogens is 3. The minimum absolute atomic E-state index is 0.254. The van der Waals surface area contributed by atoms with E-state index in [1.165, 1.54) is 29.7 Å². The Morgan fingerprint density at radius 3 is 2.46 bits per heavy atom. The Kier molecular flexibility index (Phi) is 4.30. The maximum Gasteiger partial charge on any atom is 0.416 e. The average molecular weight is 349 g/mol. The van der Waals surface area contributed by atoms with E-state index in [4.69, 9.17) is 0 Å². The summed E-state index contributed by atoms with van der Waals surface area (Å²) in [5.74, 6) is -0.399. The highest BCUT2D eigenvalue weighted by atomic mass is 32.1. The number of nitrogens with zero attached hydrogens (tertiary/aromatic N) is 2. The van der Waals surface area contributed by atoms with Crippen LogP contribution in [0.15, 0.2) is 54.0 Å². The molecule has 0 fully saturated rings. The molecule has 0 atom stereocenters. The molecule has 24 heavy (non-hydrogen) atoms. The first-order chi connectivity index (χ1) is 11.4. The van der Waals surface area contributed by atoms with E-state index in [0.717, 1.165) is 12.1 Å². The van der Waals surface area contributed by atoms with Gasteiger partial charge in [-0.2, -0.15) is 13.2 Å². The van der Waals surface area contributed by atoms with Gasteiger partial charge in [0, 0.05) is 17.1 Å². The van der Waals surface area contributed by atoms with Crippen molar-refractivity contribution < 1.29 is 18.0 Å². The maximum atomic E-state index is 12.6. The molecular weight excluding hydrogens is 339 g/mol. The van der Waals surface area contributed by atoms with Crippen molar-refractivity contribution >= 4 is 22.4 Å². The van der Waals surface area contributed by atoms with Gasteiger partial charge in [0.2, 0.25) is 0 Å². The average Bonchev–Trinajstić information content (AvgIpc) is 3.03. The molecular formula is C16H10F3N3OS. The van der Waals surface area contributed by atoms with Crippen molar-refractivity contribution in [3.05, 3.63) is 65.3 Å². The van der Waals surface area contributed by atoms with Crippen LogP contribution in [0.25, 0.3) is 11.3 Å². The number of hydrogen-bond donors (Lipinski definition) is 1. The summed E-state index contributed by atoms with van der Waals surface area (Å²) in [6.45, 7) is 0. The highest BCUT2D eigenvalue weighted by Gasteiger charge is 2.30. The van der Waals surface area contributed by atoms with Crippen LogP contribution in [-0.2, 0) is 6.18 Å². The van der Waals surface area contributed by atoms with E-state index in [9.17, 15) is 18.0 Å². The second-order valence-electron chi connectivity index (χ2n) is 4.78. The van der Waals surface area contributed by atoms with Gasteiger partial charge in [-0.05, 0) is 24.3 Å². The Morgan fingerprint density at radius 1 is 1.08 bits per heavy atom. The van der Waals surface area contributed by atoms with Crippen LogP contribution in [0.5, 0.6) is 0 Å². The summed E-state index contributed by atoms with van der Waals surface area (Å²) in [6.07, 6.45) is -2.87. The molecule has 4 nitrogen and oxygen atoms in total. The van der Waals surface area contributed by atoms with Crippen LogP contribution in [-0.4, -0.2) is 15.9 Å². The van der Waals surface area contributed by atoms with Crippen molar-refractivity contribution in [1.82, 2.24) is 9.97 Å². The van der Waals surface area contributed by atoms with Crippen LogP contribution in [0.4, 0.5) is 18.3 Å². The first-order valence-corrected chi connectivity index (χ1v) is 7.67. The first kappa shape index (κ1) is 16.1. The predicted molar refractivity (Wildman–Crippen MR) is 84.7 cm³/mol. The number of benzene rings is 1. The zero-order chi connectivity index (χ0) is 17.2. The lowest BCUT2D eigenvalue weighted by Crippen LogP contribution is -2.13. The van der Waals surface area contributed by atoms with Crippen LogP contribution >= 0.6 is 11.3 Å². The minimum Gasteiger partial charge on any atom is -0.296 e. The second kappa shape index (κ2) is 6.40. The number of rotatable bonds is 3. The standard InChI is InChI=1S/C16H10F3N3OS/c17-16(18,19)11-6-4-10(5-7-11)13-9-24-15(21-13)22-14(23)12-3-1-2-8-20-12/h1-9H,(H,21,22,23). The molecule has 1 amide bonds. The number of hydrogen-bond acceptors (Lipinski definition) is 4. The van der Waals surface area contributed by atoms with Gasteiger partial charge in [-0.1, -0.05) is 18.2 Å². The molecule has 0 aliphatic rings. The highest BCUT2D eigenvalue weighted by molar-refractivity contribution is 7.14. The monoisotopic (exact) mass is 349 g/mol. The summed E-state index contributed by atoms with van der Waals surface area (Å²) < 4.78 is 37.7. The number of anilines is 1. The van der Waals surface area contributed by atoms with Gasteiger partial charge in [0.15, 0.2) is 5.13 Å². The van der Waals surface area contributed by atoms with E-state index >= 15 is 0 Å². The quantitative estimate of drug-likeness (QED) is 0.759. The smallest absolute Gasteiger partial charge is 0.296 e. The van der Waals surface area contributed by atoms with E-state index < -0.39 is 17.6 Å². The van der Waals surface area contributed by atoms with E-state index in [2.05, 4.69) is 15.3 Å². The summed E-state index contributed by atoms with van der Waals surface area (Å²) in [7, 11) is 0. The largest absolute Gasteiger partial charge is 0.416 e. The van der Waals surface area contributed by atoms with Crippen LogP contribution in [0.2, 0.25) is 0 Å². The molecule has 0 spiro atoms. The third kappa shape index (κ3) is 3.60. The van der Waals surface area contributed by atoms with Crippen LogP contribution in [0.1, 0.15) is 16.1 Å².